The quantitative estimate of drug-likeness (QED) is 0.456. The number of aliphatic hydroxyl groups is 3. The van der Waals surface area contributed by atoms with E-state index in [1.807, 2.05) is 4.98 Å². The summed E-state index contributed by atoms with van der Waals surface area (Å²) in [6, 6.07) is 0. The molecule has 1 fully saturated rings. The second-order valence-electron chi connectivity index (χ2n) is 5.71. The average Bonchev–Trinajstić information content (AvgIpc) is 2.83. The van der Waals surface area contributed by atoms with E-state index in [4.69, 9.17) is 9.84 Å². The van der Waals surface area contributed by atoms with Gasteiger partial charge in [-0.1, -0.05) is 0 Å². The summed E-state index contributed by atoms with van der Waals surface area (Å²) in [6.07, 6.45) is -10.2. The highest BCUT2D eigenvalue weighted by Crippen LogP contribution is 2.28. The number of rotatable bonds is 4. The van der Waals surface area contributed by atoms with Crippen LogP contribution in [0.5, 0.6) is 0 Å². The van der Waals surface area contributed by atoms with Gasteiger partial charge in [-0.15, -0.1) is 0 Å². The lowest BCUT2D eigenvalue weighted by Gasteiger charge is -2.21. The Kier molecular flexibility index (Phi) is 5.55. The maximum Gasteiger partial charge on any atom is 0.471 e. The number of aromatic amines is 1. The molecule has 2 heterocycles. The molecule has 1 aromatic rings. The van der Waals surface area contributed by atoms with Crippen LogP contribution >= 0.6 is 0 Å². The smallest absolute Gasteiger partial charge is 0.394 e. The topological polar surface area (TPSA) is 145 Å². The number of H-pyrrole nitrogens is 1. The van der Waals surface area contributed by atoms with Crippen LogP contribution in [-0.4, -0.2) is 73.8 Å². The molecule has 0 spiro atoms. The van der Waals surface area contributed by atoms with Crippen molar-refractivity contribution in [2.45, 2.75) is 37.3 Å². The van der Waals surface area contributed by atoms with E-state index in [1.54, 1.807) is 0 Å². The van der Waals surface area contributed by atoms with Crippen LogP contribution in [0, 0.1) is 0 Å². The van der Waals surface area contributed by atoms with E-state index in [9.17, 15) is 37.8 Å². The molecule has 26 heavy (non-hydrogen) atoms. The molecule has 13 heteroatoms. The molecule has 2 rings (SSSR count). The Bertz CT molecular complexity index is 790. The number of ether oxygens (including phenoxy) is 1. The van der Waals surface area contributed by atoms with Gasteiger partial charge in [0.1, 0.15) is 18.3 Å². The van der Waals surface area contributed by atoms with Crippen molar-refractivity contribution in [2.75, 3.05) is 13.7 Å². The van der Waals surface area contributed by atoms with Gasteiger partial charge in [0.05, 0.1) is 18.7 Å². The van der Waals surface area contributed by atoms with Crippen LogP contribution in [0.15, 0.2) is 15.8 Å². The highest BCUT2D eigenvalue weighted by molar-refractivity contribution is 5.81. The summed E-state index contributed by atoms with van der Waals surface area (Å²) in [5.41, 5.74) is -2.47. The number of hydrogen-bond donors (Lipinski definition) is 4. The standard InChI is InChI=1S/C13H16F3N3O7/c1-18(11(24)13(14,15)16)2-5-3-19(12(25)17-9(5)23)10-8(22)7(21)6(4-20)26-10/h3,6-8,10,20-22H,2,4H2,1H3,(H,17,23,25)/t6-,7-,8-,10-/m1/s1. The van der Waals surface area contributed by atoms with Gasteiger partial charge in [-0.25, -0.2) is 4.79 Å². The molecule has 146 valence electrons. The van der Waals surface area contributed by atoms with Crippen LogP contribution < -0.4 is 11.2 Å². The summed E-state index contributed by atoms with van der Waals surface area (Å²) in [5.74, 6) is -2.19. The summed E-state index contributed by atoms with van der Waals surface area (Å²) in [4.78, 5) is 36.9. The predicted molar refractivity (Wildman–Crippen MR) is 76.9 cm³/mol. The Morgan fingerprint density at radius 3 is 2.46 bits per heavy atom. The van der Waals surface area contributed by atoms with Gasteiger partial charge in [-0.3, -0.25) is 19.1 Å². The van der Waals surface area contributed by atoms with E-state index in [2.05, 4.69) is 0 Å². The van der Waals surface area contributed by atoms with Crippen molar-refractivity contribution in [3.63, 3.8) is 0 Å². The number of aromatic nitrogens is 2. The highest BCUT2D eigenvalue weighted by Gasteiger charge is 2.44. The fourth-order valence-corrected chi connectivity index (χ4v) is 2.48. The van der Waals surface area contributed by atoms with Crippen molar-refractivity contribution in [1.29, 1.82) is 0 Å². The molecule has 0 bridgehead atoms. The zero-order chi connectivity index (χ0) is 19.8. The highest BCUT2D eigenvalue weighted by atomic mass is 19.4. The Morgan fingerprint density at radius 2 is 1.96 bits per heavy atom. The van der Waals surface area contributed by atoms with Crippen LogP contribution in [0.25, 0.3) is 0 Å². The van der Waals surface area contributed by atoms with Gasteiger partial charge in [-0.2, -0.15) is 13.2 Å². The zero-order valence-electron chi connectivity index (χ0n) is 13.3. The first kappa shape index (κ1) is 20.1. The van der Waals surface area contributed by atoms with Crippen molar-refractivity contribution in [3.05, 3.63) is 32.6 Å². The summed E-state index contributed by atoms with van der Waals surface area (Å²) in [7, 11) is 0.817. The van der Waals surface area contributed by atoms with E-state index in [0.717, 1.165) is 13.2 Å². The maximum absolute atomic E-state index is 12.4. The van der Waals surface area contributed by atoms with Crippen LogP contribution in [-0.2, 0) is 16.1 Å². The third kappa shape index (κ3) is 3.80. The normalized spacial score (nSPS) is 26.1. The van der Waals surface area contributed by atoms with Gasteiger partial charge in [0.15, 0.2) is 6.23 Å². The second kappa shape index (κ2) is 7.19. The molecule has 0 radical (unpaired) electrons. The van der Waals surface area contributed by atoms with Crippen molar-refractivity contribution in [3.8, 4) is 0 Å². The van der Waals surface area contributed by atoms with Gasteiger partial charge in [0.25, 0.3) is 5.56 Å². The van der Waals surface area contributed by atoms with Crippen molar-refractivity contribution in [1.82, 2.24) is 14.5 Å². The number of halogens is 3. The first-order chi connectivity index (χ1) is 12.0. The molecule has 1 saturated heterocycles. The van der Waals surface area contributed by atoms with E-state index < -0.39 is 61.0 Å². The predicted octanol–water partition coefficient (Wildman–Crippen LogP) is -2.33. The molecule has 10 nitrogen and oxygen atoms in total. The molecule has 1 aromatic heterocycles. The molecule has 4 N–H and O–H groups in total. The number of alkyl halides is 3. The molecular weight excluding hydrogens is 367 g/mol. The minimum atomic E-state index is -5.14. The van der Waals surface area contributed by atoms with Crippen LogP contribution in [0.3, 0.4) is 0 Å². The SMILES string of the molecule is CN(Cc1cn([C@@H]2O[C@H](CO)[C@@H](O)[C@H]2O)c(=O)[nH]c1=O)C(=O)C(F)(F)F. The summed E-state index contributed by atoms with van der Waals surface area (Å²) >= 11 is 0. The molecule has 1 amide bonds. The lowest BCUT2D eigenvalue weighted by atomic mass is 10.1. The molecule has 1 aliphatic heterocycles. The monoisotopic (exact) mass is 383 g/mol. The number of nitrogens with zero attached hydrogens (tertiary/aromatic N) is 2. The number of carbonyl (C=O) groups is 1. The minimum absolute atomic E-state index is 0.233. The van der Waals surface area contributed by atoms with Crippen LogP contribution in [0.4, 0.5) is 13.2 Å². The van der Waals surface area contributed by atoms with Gasteiger partial charge >= 0.3 is 17.8 Å². The fraction of sp³-hybridized carbons (Fsp3) is 0.615. The molecule has 0 saturated carbocycles. The number of hydrogen-bond acceptors (Lipinski definition) is 7. The molecule has 0 aromatic carbocycles. The van der Waals surface area contributed by atoms with Crippen molar-refractivity contribution in [2.24, 2.45) is 0 Å². The first-order valence-corrected chi connectivity index (χ1v) is 7.26. The number of amides is 1. The summed E-state index contributed by atoms with van der Waals surface area (Å²) < 4.78 is 43.1. The Hall–Kier alpha value is -2.22. The van der Waals surface area contributed by atoms with E-state index >= 15 is 0 Å². The Balaban J connectivity index is 2.34. The van der Waals surface area contributed by atoms with E-state index in [-0.39, 0.29) is 10.5 Å². The summed E-state index contributed by atoms with van der Waals surface area (Å²) in [6.45, 7) is -1.44. The first-order valence-electron chi connectivity index (χ1n) is 7.26. The second-order valence-corrected chi connectivity index (χ2v) is 5.71. The van der Waals surface area contributed by atoms with Crippen molar-refractivity contribution < 1.29 is 38.0 Å². The molecule has 4 atom stereocenters. The van der Waals surface area contributed by atoms with Crippen LogP contribution in [0.2, 0.25) is 0 Å². The number of nitrogens with one attached hydrogen (secondary N) is 1. The minimum Gasteiger partial charge on any atom is -0.394 e. The largest absolute Gasteiger partial charge is 0.471 e. The molecule has 0 unspecified atom stereocenters. The fourth-order valence-electron chi connectivity index (χ4n) is 2.48. The lowest BCUT2D eigenvalue weighted by Crippen LogP contribution is -2.42. The maximum atomic E-state index is 12.4. The zero-order valence-corrected chi connectivity index (χ0v) is 13.3. The van der Waals surface area contributed by atoms with Gasteiger partial charge in [0.2, 0.25) is 0 Å². The van der Waals surface area contributed by atoms with Crippen molar-refractivity contribution >= 4 is 5.91 Å². The molecule has 1 aliphatic rings. The molecular formula is C13H16F3N3O7. The van der Waals surface area contributed by atoms with Crippen LogP contribution in [0.1, 0.15) is 11.8 Å². The Morgan fingerprint density at radius 1 is 1.35 bits per heavy atom. The summed E-state index contributed by atoms with van der Waals surface area (Å²) in [5, 5.41) is 28.7. The van der Waals surface area contributed by atoms with E-state index in [1.165, 1.54) is 0 Å². The average molecular weight is 383 g/mol. The van der Waals surface area contributed by atoms with Gasteiger partial charge < -0.3 is 25.0 Å². The number of carbonyl (C=O) groups excluding carboxylic acids is 1. The number of aliphatic hydroxyl groups excluding tert-OH is 3. The van der Waals surface area contributed by atoms with Gasteiger partial charge in [0, 0.05) is 13.2 Å². The molecule has 0 aliphatic carbocycles. The third-order valence-electron chi connectivity index (χ3n) is 3.83. The third-order valence-corrected chi connectivity index (χ3v) is 3.83. The van der Waals surface area contributed by atoms with Gasteiger partial charge in [-0.05, 0) is 0 Å². The Labute approximate surface area is 143 Å². The van der Waals surface area contributed by atoms with E-state index in [0.29, 0.717) is 4.57 Å². The lowest BCUT2D eigenvalue weighted by molar-refractivity contribution is -0.184.